The number of nitrogens with zero attached hydrogens (tertiary/aromatic N) is 1. The van der Waals surface area contributed by atoms with Crippen molar-refractivity contribution in [2.24, 2.45) is 5.92 Å². The van der Waals surface area contributed by atoms with Crippen LogP contribution in [0.1, 0.15) is 35.9 Å². The first-order valence-corrected chi connectivity index (χ1v) is 6.10. The molecule has 2 atom stereocenters. The number of rotatable bonds is 2. The monoisotopic (exact) mass is 251 g/mol. The molecule has 0 spiro atoms. The molecule has 0 radical (unpaired) electrons. The molecule has 1 N–H and O–H groups in total. The van der Waals surface area contributed by atoms with Gasteiger partial charge in [0, 0.05) is 6.54 Å². The molecule has 2 rings (SSSR count). The number of hydrogen-bond donors (Lipinski definition) is 1. The molecule has 1 aromatic heterocycles. The average Bonchev–Trinajstić information content (AvgIpc) is 2.73. The van der Waals surface area contributed by atoms with Gasteiger partial charge in [0.25, 0.3) is 5.91 Å². The predicted molar refractivity (Wildman–Crippen MR) is 64.3 cm³/mol. The molecule has 0 aromatic carbocycles. The summed E-state index contributed by atoms with van der Waals surface area (Å²) in [5.41, 5.74) is 0.454. The average molecular weight is 251 g/mol. The van der Waals surface area contributed by atoms with Crippen LogP contribution in [0.3, 0.4) is 0 Å². The molecule has 2 unspecified atom stereocenters. The Balaban J connectivity index is 2.28. The number of amides is 1. The van der Waals surface area contributed by atoms with Gasteiger partial charge in [0.15, 0.2) is 0 Å². The fraction of sp³-hybridized carbons (Fsp3) is 0.538. The lowest BCUT2D eigenvalue weighted by Gasteiger charge is -2.37. The molecule has 1 aliphatic rings. The van der Waals surface area contributed by atoms with Crippen LogP contribution in [0.25, 0.3) is 0 Å². The van der Waals surface area contributed by atoms with Crippen molar-refractivity contribution in [2.75, 3.05) is 6.54 Å². The predicted octanol–water partition coefficient (Wildman–Crippen LogP) is 1.91. The molecule has 1 saturated heterocycles. The van der Waals surface area contributed by atoms with E-state index in [4.69, 9.17) is 4.42 Å². The third-order valence-corrected chi connectivity index (χ3v) is 3.54. The first-order chi connectivity index (χ1) is 8.52. The summed E-state index contributed by atoms with van der Waals surface area (Å²) in [7, 11) is 0. The third-order valence-electron chi connectivity index (χ3n) is 3.54. The van der Waals surface area contributed by atoms with E-state index in [1.54, 1.807) is 13.0 Å². The number of carbonyl (C=O) groups excluding carboxylic acids is 1. The van der Waals surface area contributed by atoms with Crippen LogP contribution in [0.4, 0.5) is 0 Å². The molecular weight excluding hydrogens is 234 g/mol. The van der Waals surface area contributed by atoms with Crippen LogP contribution in [-0.4, -0.2) is 34.5 Å². The van der Waals surface area contributed by atoms with E-state index in [0.717, 1.165) is 12.8 Å². The Morgan fingerprint density at radius 1 is 1.50 bits per heavy atom. The Morgan fingerprint density at radius 2 is 2.22 bits per heavy atom. The van der Waals surface area contributed by atoms with E-state index in [9.17, 15) is 14.7 Å². The van der Waals surface area contributed by atoms with Gasteiger partial charge in [0.05, 0.1) is 11.8 Å². The van der Waals surface area contributed by atoms with Crippen molar-refractivity contribution in [3.63, 3.8) is 0 Å². The van der Waals surface area contributed by atoms with Crippen molar-refractivity contribution in [3.05, 3.63) is 23.7 Å². The zero-order valence-corrected chi connectivity index (χ0v) is 10.5. The molecule has 1 fully saturated rings. The van der Waals surface area contributed by atoms with Gasteiger partial charge in [-0.25, -0.2) is 4.79 Å². The van der Waals surface area contributed by atoms with E-state index in [2.05, 4.69) is 0 Å². The van der Waals surface area contributed by atoms with Crippen LogP contribution in [0.15, 0.2) is 16.7 Å². The number of carboxylic acid groups (broad SMARTS) is 1. The molecule has 18 heavy (non-hydrogen) atoms. The molecular formula is C13H17NO4. The molecule has 1 amide bonds. The number of carbonyl (C=O) groups is 2. The largest absolute Gasteiger partial charge is 0.480 e. The summed E-state index contributed by atoms with van der Waals surface area (Å²) >= 11 is 0. The standard InChI is InChI=1S/C13H17NO4/c1-8-4-3-6-14(11(8)13(16)17)12(15)10-5-7-18-9(10)2/h5,7-8,11H,3-4,6H2,1-2H3,(H,16,17). The molecule has 1 aromatic rings. The normalized spacial score (nSPS) is 24.0. The zero-order valence-electron chi connectivity index (χ0n) is 10.5. The maximum absolute atomic E-state index is 12.3. The van der Waals surface area contributed by atoms with Crippen LogP contribution in [0.5, 0.6) is 0 Å². The number of aliphatic carboxylic acids is 1. The minimum absolute atomic E-state index is 0.0209. The first-order valence-electron chi connectivity index (χ1n) is 6.10. The fourth-order valence-electron chi connectivity index (χ4n) is 2.55. The summed E-state index contributed by atoms with van der Waals surface area (Å²) in [6.45, 7) is 4.07. The molecule has 98 valence electrons. The van der Waals surface area contributed by atoms with Gasteiger partial charge >= 0.3 is 5.97 Å². The number of aryl methyl sites for hydroxylation is 1. The smallest absolute Gasteiger partial charge is 0.326 e. The van der Waals surface area contributed by atoms with Gasteiger partial charge in [-0.3, -0.25) is 4.79 Å². The molecule has 5 heteroatoms. The molecule has 5 nitrogen and oxygen atoms in total. The second-order valence-electron chi connectivity index (χ2n) is 4.79. The van der Waals surface area contributed by atoms with Gasteiger partial charge < -0.3 is 14.4 Å². The van der Waals surface area contributed by atoms with Crippen molar-refractivity contribution < 1.29 is 19.1 Å². The van der Waals surface area contributed by atoms with Gasteiger partial charge in [-0.05, 0) is 31.7 Å². The summed E-state index contributed by atoms with van der Waals surface area (Å²) in [5.74, 6) is -0.674. The quantitative estimate of drug-likeness (QED) is 0.871. The Hall–Kier alpha value is -1.78. The number of furan rings is 1. The van der Waals surface area contributed by atoms with Crippen LogP contribution >= 0.6 is 0 Å². The highest BCUT2D eigenvalue weighted by molar-refractivity contribution is 5.97. The highest BCUT2D eigenvalue weighted by Crippen LogP contribution is 2.26. The van der Waals surface area contributed by atoms with Crippen LogP contribution < -0.4 is 0 Å². The van der Waals surface area contributed by atoms with Gasteiger partial charge in [0.1, 0.15) is 11.8 Å². The summed E-state index contributed by atoms with van der Waals surface area (Å²) in [5, 5.41) is 9.28. The summed E-state index contributed by atoms with van der Waals surface area (Å²) < 4.78 is 5.10. The number of likely N-dealkylation sites (tertiary alicyclic amines) is 1. The number of piperidine rings is 1. The Morgan fingerprint density at radius 3 is 2.78 bits per heavy atom. The third kappa shape index (κ3) is 2.12. The molecule has 2 heterocycles. The Labute approximate surface area is 105 Å². The topological polar surface area (TPSA) is 70.8 Å². The van der Waals surface area contributed by atoms with E-state index in [0.29, 0.717) is 17.9 Å². The van der Waals surface area contributed by atoms with Gasteiger partial charge in [-0.2, -0.15) is 0 Å². The SMILES string of the molecule is Cc1occc1C(=O)N1CCCC(C)C1C(=O)O. The van der Waals surface area contributed by atoms with E-state index in [-0.39, 0.29) is 11.8 Å². The summed E-state index contributed by atoms with van der Waals surface area (Å²) in [6, 6.07) is 0.858. The van der Waals surface area contributed by atoms with Crippen molar-refractivity contribution in [2.45, 2.75) is 32.7 Å². The number of carboxylic acids is 1. The van der Waals surface area contributed by atoms with Crippen molar-refractivity contribution in [1.82, 2.24) is 4.90 Å². The highest BCUT2D eigenvalue weighted by Gasteiger charge is 2.37. The Bertz CT molecular complexity index is 465. The second kappa shape index (κ2) is 4.84. The van der Waals surface area contributed by atoms with E-state index < -0.39 is 12.0 Å². The maximum Gasteiger partial charge on any atom is 0.326 e. The second-order valence-corrected chi connectivity index (χ2v) is 4.79. The highest BCUT2D eigenvalue weighted by atomic mass is 16.4. The van der Waals surface area contributed by atoms with Crippen LogP contribution in [0.2, 0.25) is 0 Å². The lowest BCUT2D eigenvalue weighted by atomic mass is 9.90. The minimum atomic E-state index is -0.934. The van der Waals surface area contributed by atoms with Gasteiger partial charge in [0.2, 0.25) is 0 Å². The fourth-order valence-corrected chi connectivity index (χ4v) is 2.55. The Kier molecular flexibility index (Phi) is 3.41. The van der Waals surface area contributed by atoms with Crippen LogP contribution in [-0.2, 0) is 4.79 Å². The summed E-state index contributed by atoms with van der Waals surface area (Å²) in [4.78, 5) is 25.1. The van der Waals surface area contributed by atoms with Crippen LogP contribution in [0, 0.1) is 12.8 Å². The lowest BCUT2D eigenvalue weighted by molar-refractivity contribution is -0.145. The van der Waals surface area contributed by atoms with Gasteiger partial charge in [-0.1, -0.05) is 6.92 Å². The maximum atomic E-state index is 12.3. The van der Waals surface area contributed by atoms with Crippen molar-refractivity contribution in [1.29, 1.82) is 0 Å². The lowest BCUT2D eigenvalue weighted by Crippen LogP contribution is -2.51. The first kappa shape index (κ1) is 12.7. The zero-order chi connectivity index (χ0) is 13.3. The van der Waals surface area contributed by atoms with Crippen molar-refractivity contribution >= 4 is 11.9 Å². The minimum Gasteiger partial charge on any atom is -0.480 e. The molecule has 0 bridgehead atoms. The molecule has 0 aliphatic carbocycles. The number of hydrogen-bond acceptors (Lipinski definition) is 3. The van der Waals surface area contributed by atoms with E-state index in [1.807, 2.05) is 6.92 Å². The van der Waals surface area contributed by atoms with E-state index in [1.165, 1.54) is 11.2 Å². The van der Waals surface area contributed by atoms with Gasteiger partial charge in [-0.15, -0.1) is 0 Å². The molecule has 0 saturated carbocycles. The summed E-state index contributed by atoms with van der Waals surface area (Å²) in [6.07, 6.45) is 3.13. The van der Waals surface area contributed by atoms with Crippen molar-refractivity contribution in [3.8, 4) is 0 Å². The molecule has 1 aliphatic heterocycles. The van der Waals surface area contributed by atoms with E-state index >= 15 is 0 Å².